The second-order valence-electron chi connectivity index (χ2n) is 22.3. The average molecular weight is 1020 g/mol. The van der Waals surface area contributed by atoms with Crippen molar-refractivity contribution >= 4 is 46.2 Å². The fraction of sp³-hybridized carbons (Fsp3) is 0.508. The Labute approximate surface area is 436 Å². The van der Waals surface area contributed by atoms with Gasteiger partial charge in [-0.15, -0.1) is 0 Å². The largest absolute Gasteiger partial charge is 0.508 e. The fourth-order valence-corrected chi connectivity index (χ4v) is 14.4. The Morgan fingerprint density at radius 1 is 0.960 bits per heavy atom. The van der Waals surface area contributed by atoms with Gasteiger partial charge in [-0.25, -0.2) is 14.6 Å². The standard InChI is InChI=1S/C59H67N5O11/c1-6-58(72)48-29-50-53-38(31-64(50)54(69)46(48)33-74-55(58)70)28-43-45(51(68)18-17-49(43)60-53)32-62-22-24-63(25-23-62)56(71)73-26-8-7-21-61(5)39-12-9-36(10-13-39)44-30-57(4)47(19-20-59(57,34(2)65)75-35(3)66)42-15-11-37-27-40(67)14-16-41(37)52(42)44/h9-10,12-13,17-18,27-29,42,44,47,68,72H,6-8,11,14-16,19-26,30-33H2,1-5H3/t42-,44+,47-,57-,58-,59-/m0/s1. The number of rotatable bonds is 12. The highest BCUT2D eigenvalue weighted by Gasteiger charge is 2.67. The van der Waals surface area contributed by atoms with Crippen LogP contribution in [0.4, 0.5) is 10.5 Å². The minimum atomic E-state index is -1.92. The maximum atomic E-state index is 13.7. The number of ketones is 2. The molecular weight excluding hydrogens is 955 g/mol. The number of fused-ring (bicyclic) bond motifs is 9. The summed E-state index contributed by atoms with van der Waals surface area (Å²) in [5.41, 5.74) is 5.96. The molecule has 3 aliphatic heterocycles. The Morgan fingerprint density at radius 2 is 1.73 bits per heavy atom. The highest BCUT2D eigenvalue weighted by Crippen LogP contribution is 2.68. The van der Waals surface area contributed by atoms with Crippen molar-refractivity contribution in [2.24, 2.45) is 17.3 Å². The van der Waals surface area contributed by atoms with Gasteiger partial charge in [0.2, 0.25) is 0 Å². The van der Waals surface area contributed by atoms with Gasteiger partial charge in [0.15, 0.2) is 22.8 Å². The molecule has 0 bridgehead atoms. The van der Waals surface area contributed by atoms with E-state index in [9.17, 15) is 39.0 Å². The molecule has 75 heavy (non-hydrogen) atoms. The topological polar surface area (TPSA) is 198 Å². The van der Waals surface area contributed by atoms with E-state index in [1.807, 2.05) is 12.1 Å². The number of esters is 2. The number of aromatic nitrogens is 2. The number of cyclic esters (lactones) is 1. The lowest BCUT2D eigenvalue weighted by Gasteiger charge is -2.55. The van der Waals surface area contributed by atoms with Crippen LogP contribution >= 0.6 is 0 Å². The number of phenols is 1. The molecule has 0 radical (unpaired) electrons. The third-order valence-electron chi connectivity index (χ3n) is 18.4. The number of Topliss-reactive ketones (excluding diaryl/α,β-unsaturated/α-hetero) is 1. The molecule has 2 saturated carbocycles. The van der Waals surface area contributed by atoms with Gasteiger partial charge in [0.1, 0.15) is 12.4 Å². The maximum absolute atomic E-state index is 13.7. The van der Waals surface area contributed by atoms with E-state index < -0.39 is 28.6 Å². The number of amides is 1. The molecule has 16 heteroatoms. The van der Waals surface area contributed by atoms with Crippen molar-refractivity contribution in [2.45, 2.75) is 129 Å². The molecule has 4 aromatic rings. The van der Waals surface area contributed by atoms with Crippen LogP contribution in [0.25, 0.3) is 22.3 Å². The van der Waals surface area contributed by atoms with E-state index in [4.69, 9.17) is 19.2 Å². The van der Waals surface area contributed by atoms with Gasteiger partial charge in [-0.05, 0) is 136 Å². The van der Waals surface area contributed by atoms with Crippen LogP contribution in [0.2, 0.25) is 0 Å². The quantitative estimate of drug-likeness (QED) is 0.0699. The van der Waals surface area contributed by atoms with Crippen molar-refractivity contribution in [1.82, 2.24) is 19.4 Å². The molecule has 3 fully saturated rings. The number of aromatic hydroxyl groups is 1. The monoisotopic (exact) mass is 1020 g/mol. The van der Waals surface area contributed by atoms with E-state index in [2.05, 4.69) is 48.0 Å². The second kappa shape index (κ2) is 19.2. The van der Waals surface area contributed by atoms with Gasteiger partial charge in [0.25, 0.3) is 5.56 Å². The predicted molar refractivity (Wildman–Crippen MR) is 279 cm³/mol. The zero-order chi connectivity index (χ0) is 52.7. The predicted octanol–water partition coefficient (Wildman–Crippen LogP) is 7.75. The first kappa shape index (κ1) is 50.5. The molecule has 16 nitrogen and oxygen atoms in total. The Bertz CT molecular complexity index is 3190. The van der Waals surface area contributed by atoms with Crippen LogP contribution in [0.5, 0.6) is 5.75 Å². The first-order chi connectivity index (χ1) is 35.9. The van der Waals surface area contributed by atoms with Crippen LogP contribution in [0.1, 0.15) is 126 Å². The molecule has 5 heterocycles. The summed E-state index contributed by atoms with van der Waals surface area (Å²) in [6, 6.07) is 15.7. The van der Waals surface area contributed by atoms with Gasteiger partial charge >= 0.3 is 18.0 Å². The van der Waals surface area contributed by atoms with E-state index in [0.29, 0.717) is 87.5 Å². The molecule has 11 rings (SSSR count). The first-order valence-corrected chi connectivity index (χ1v) is 26.9. The Balaban J connectivity index is 0.688. The normalized spacial score (nSPS) is 26.8. The molecule has 7 aliphatic rings. The van der Waals surface area contributed by atoms with Crippen molar-refractivity contribution < 1.29 is 48.4 Å². The van der Waals surface area contributed by atoms with Gasteiger partial charge in [-0.2, -0.15) is 0 Å². The summed E-state index contributed by atoms with van der Waals surface area (Å²) < 4.78 is 18.7. The highest BCUT2D eigenvalue weighted by atomic mass is 16.6. The van der Waals surface area contributed by atoms with Gasteiger partial charge in [-0.3, -0.25) is 24.1 Å². The highest BCUT2D eigenvalue weighted by molar-refractivity contribution is 5.93. The lowest BCUT2D eigenvalue weighted by molar-refractivity contribution is -0.182. The van der Waals surface area contributed by atoms with Gasteiger partial charge in [-0.1, -0.05) is 31.6 Å². The van der Waals surface area contributed by atoms with Crippen LogP contribution < -0.4 is 10.5 Å². The fourth-order valence-electron chi connectivity index (χ4n) is 14.4. The number of hydrogen-bond donors (Lipinski definition) is 2. The van der Waals surface area contributed by atoms with Crippen LogP contribution in [-0.2, 0) is 58.7 Å². The summed E-state index contributed by atoms with van der Waals surface area (Å²) in [6.07, 6.45) is 8.14. The maximum Gasteiger partial charge on any atom is 0.409 e. The van der Waals surface area contributed by atoms with E-state index in [0.717, 1.165) is 55.3 Å². The summed E-state index contributed by atoms with van der Waals surface area (Å²) >= 11 is 0. The SMILES string of the molecule is CC[C@@]1(O)C(=O)OCc2c1cc1n(c2=O)Cc2cc3c(CN4CCN(C(=O)OCCCCN(C)c5ccc([C@H]6C[C@@]7(C)[C@@H](CC[C@]7(OC(C)=O)C(C)=O)[C@@H]7CCC8=CC(=O)CCC8=C76)cc5)CC4)c(O)ccc3nc2-1. The second-order valence-corrected chi connectivity index (χ2v) is 22.3. The summed E-state index contributed by atoms with van der Waals surface area (Å²) in [7, 11) is 2.06. The number of anilines is 1. The zero-order valence-corrected chi connectivity index (χ0v) is 43.7. The number of benzene rings is 2. The van der Waals surface area contributed by atoms with Crippen LogP contribution in [-0.4, -0.2) is 111 Å². The molecule has 2 N–H and O–H groups in total. The third kappa shape index (κ3) is 8.37. The van der Waals surface area contributed by atoms with Crippen molar-refractivity contribution in [3.05, 3.63) is 109 Å². The Morgan fingerprint density at radius 3 is 2.47 bits per heavy atom. The molecule has 2 aromatic carbocycles. The molecule has 4 aliphatic carbocycles. The lowest BCUT2D eigenvalue weighted by Crippen LogP contribution is -2.57. The molecular formula is C59H67N5O11. The Hall–Kier alpha value is -6.65. The van der Waals surface area contributed by atoms with E-state index in [1.54, 1.807) is 41.5 Å². The minimum absolute atomic E-state index is 0.0179. The minimum Gasteiger partial charge on any atom is -0.508 e. The number of phenolic OH excluding ortho intramolecular Hbond substituents is 1. The number of carbonyl (C=O) groups is 5. The average Bonchev–Trinajstić information content (AvgIpc) is 3.92. The summed E-state index contributed by atoms with van der Waals surface area (Å²) in [5, 5.41) is 23.2. The number of pyridine rings is 2. The van der Waals surface area contributed by atoms with Crippen LogP contribution in [0.3, 0.4) is 0 Å². The number of ether oxygens (including phenoxy) is 3. The number of nitrogens with zero attached hydrogens (tertiary/aromatic N) is 5. The van der Waals surface area contributed by atoms with Crippen LogP contribution in [0, 0.1) is 17.3 Å². The number of hydrogen-bond acceptors (Lipinski definition) is 14. The molecule has 394 valence electrons. The number of carbonyl (C=O) groups excluding carboxylic acids is 5. The molecule has 1 saturated heterocycles. The van der Waals surface area contributed by atoms with Crippen molar-refractivity contribution in [3.63, 3.8) is 0 Å². The Kier molecular flexibility index (Phi) is 12.9. The van der Waals surface area contributed by atoms with E-state index in [-0.39, 0.29) is 77.4 Å². The number of unbranched alkanes of at least 4 members (excludes halogenated alkanes) is 1. The number of allylic oxidation sites excluding steroid dienone is 4. The van der Waals surface area contributed by atoms with E-state index >= 15 is 0 Å². The molecule has 1 amide bonds. The first-order valence-electron chi connectivity index (χ1n) is 26.9. The summed E-state index contributed by atoms with van der Waals surface area (Å²) in [4.78, 5) is 89.4. The molecule has 6 atom stereocenters. The van der Waals surface area contributed by atoms with Crippen molar-refractivity contribution in [2.75, 3.05) is 51.3 Å². The van der Waals surface area contributed by atoms with Gasteiger partial charge < -0.3 is 38.8 Å². The van der Waals surface area contributed by atoms with Gasteiger partial charge in [0, 0.05) is 98.8 Å². The molecule has 0 spiro atoms. The van der Waals surface area contributed by atoms with Gasteiger partial charge in [0.05, 0.1) is 35.6 Å². The smallest absolute Gasteiger partial charge is 0.409 e. The van der Waals surface area contributed by atoms with Crippen LogP contribution in [0.15, 0.2) is 76.1 Å². The number of piperazine rings is 1. The molecule has 2 aromatic heterocycles. The third-order valence-corrected chi connectivity index (χ3v) is 18.4. The number of aliphatic hydroxyl groups is 1. The van der Waals surface area contributed by atoms with E-state index in [1.165, 1.54) is 29.2 Å². The van der Waals surface area contributed by atoms with Crippen molar-refractivity contribution in [3.8, 4) is 17.1 Å². The van der Waals surface area contributed by atoms with Crippen molar-refractivity contribution in [1.29, 1.82) is 0 Å². The zero-order valence-electron chi connectivity index (χ0n) is 43.7. The summed E-state index contributed by atoms with van der Waals surface area (Å²) in [6.45, 7) is 10.5. The molecule has 0 unspecified atom stereocenters. The summed E-state index contributed by atoms with van der Waals surface area (Å²) in [5.74, 6) is -0.495. The lowest BCUT2D eigenvalue weighted by atomic mass is 9.50.